The van der Waals surface area contributed by atoms with Gasteiger partial charge in [0.15, 0.2) is 0 Å². The molecule has 0 saturated carbocycles. The standard InChI is InChI=1S/C14H22ClNO/c1-3-8-16-10-13(11-17-2)9-12-4-6-14(15)7-5-12/h4-7,13,16H,3,8-11H2,1-2H3. The molecular weight excluding hydrogens is 234 g/mol. The fourth-order valence-corrected chi connectivity index (χ4v) is 1.99. The van der Waals surface area contributed by atoms with Crippen molar-refractivity contribution in [3.8, 4) is 0 Å². The molecule has 1 aromatic rings. The second-order valence-electron chi connectivity index (χ2n) is 4.36. The molecule has 1 atom stereocenters. The third-order valence-electron chi connectivity index (χ3n) is 2.70. The van der Waals surface area contributed by atoms with Crippen molar-refractivity contribution in [3.63, 3.8) is 0 Å². The van der Waals surface area contributed by atoms with Gasteiger partial charge >= 0.3 is 0 Å². The van der Waals surface area contributed by atoms with Gasteiger partial charge in [0.1, 0.15) is 0 Å². The molecular formula is C14H22ClNO. The number of nitrogens with one attached hydrogen (secondary N) is 1. The first-order valence-electron chi connectivity index (χ1n) is 6.20. The van der Waals surface area contributed by atoms with Gasteiger partial charge in [-0.25, -0.2) is 0 Å². The third-order valence-corrected chi connectivity index (χ3v) is 2.95. The Balaban J connectivity index is 2.44. The van der Waals surface area contributed by atoms with Crippen LogP contribution in [0.3, 0.4) is 0 Å². The van der Waals surface area contributed by atoms with E-state index in [9.17, 15) is 0 Å². The van der Waals surface area contributed by atoms with Crippen molar-refractivity contribution in [1.29, 1.82) is 0 Å². The average Bonchev–Trinajstić information content (AvgIpc) is 2.32. The van der Waals surface area contributed by atoms with Crippen LogP contribution in [-0.2, 0) is 11.2 Å². The summed E-state index contributed by atoms with van der Waals surface area (Å²) in [5, 5.41) is 4.24. The van der Waals surface area contributed by atoms with Crippen LogP contribution in [0, 0.1) is 5.92 Å². The first-order chi connectivity index (χ1) is 8.26. The zero-order valence-electron chi connectivity index (χ0n) is 10.7. The van der Waals surface area contributed by atoms with Crippen LogP contribution in [0.5, 0.6) is 0 Å². The summed E-state index contributed by atoms with van der Waals surface area (Å²) in [5.74, 6) is 0.521. The second kappa shape index (κ2) is 8.51. The Morgan fingerprint density at radius 1 is 1.29 bits per heavy atom. The van der Waals surface area contributed by atoms with Gasteiger partial charge in [-0.1, -0.05) is 30.7 Å². The number of benzene rings is 1. The Hall–Kier alpha value is -0.570. The second-order valence-corrected chi connectivity index (χ2v) is 4.79. The SMILES string of the molecule is CCCNCC(COC)Cc1ccc(Cl)cc1. The first-order valence-corrected chi connectivity index (χ1v) is 6.58. The van der Waals surface area contributed by atoms with Gasteiger partial charge in [-0.2, -0.15) is 0 Å². The van der Waals surface area contributed by atoms with E-state index in [4.69, 9.17) is 16.3 Å². The predicted octanol–water partition coefficient (Wildman–Crippen LogP) is 3.14. The van der Waals surface area contributed by atoms with E-state index in [0.717, 1.165) is 31.1 Å². The van der Waals surface area contributed by atoms with Crippen molar-refractivity contribution >= 4 is 11.6 Å². The number of rotatable bonds is 8. The highest BCUT2D eigenvalue weighted by Gasteiger charge is 2.09. The maximum absolute atomic E-state index is 5.87. The molecule has 1 rings (SSSR count). The van der Waals surface area contributed by atoms with Gasteiger partial charge in [-0.3, -0.25) is 0 Å². The summed E-state index contributed by atoms with van der Waals surface area (Å²) in [6.07, 6.45) is 2.20. The van der Waals surface area contributed by atoms with Gasteiger partial charge in [-0.15, -0.1) is 0 Å². The van der Waals surface area contributed by atoms with Gasteiger partial charge < -0.3 is 10.1 Å². The molecule has 0 saturated heterocycles. The van der Waals surface area contributed by atoms with Crippen LogP contribution in [0.15, 0.2) is 24.3 Å². The van der Waals surface area contributed by atoms with Crippen LogP contribution in [0.2, 0.25) is 5.02 Å². The van der Waals surface area contributed by atoms with Crippen molar-refractivity contribution in [2.45, 2.75) is 19.8 Å². The molecule has 0 aliphatic rings. The fourth-order valence-electron chi connectivity index (χ4n) is 1.86. The maximum Gasteiger partial charge on any atom is 0.0505 e. The summed E-state index contributed by atoms with van der Waals surface area (Å²) >= 11 is 5.87. The normalized spacial score (nSPS) is 12.6. The van der Waals surface area contributed by atoms with Crippen molar-refractivity contribution in [2.24, 2.45) is 5.92 Å². The minimum atomic E-state index is 0.521. The van der Waals surface area contributed by atoms with E-state index in [2.05, 4.69) is 24.4 Å². The minimum Gasteiger partial charge on any atom is -0.384 e. The first kappa shape index (κ1) is 14.5. The molecule has 96 valence electrons. The van der Waals surface area contributed by atoms with E-state index in [-0.39, 0.29) is 0 Å². The molecule has 3 heteroatoms. The van der Waals surface area contributed by atoms with Crippen LogP contribution in [0.4, 0.5) is 0 Å². The monoisotopic (exact) mass is 255 g/mol. The van der Waals surface area contributed by atoms with Crippen LogP contribution in [0.1, 0.15) is 18.9 Å². The Morgan fingerprint density at radius 2 is 2.00 bits per heavy atom. The van der Waals surface area contributed by atoms with E-state index >= 15 is 0 Å². The molecule has 0 bridgehead atoms. The molecule has 0 amide bonds. The molecule has 0 radical (unpaired) electrons. The van der Waals surface area contributed by atoms with Gasteiger partial charge in [-0.05, 0) is 43.0 Å². The van der Waals surface area contributed by atoms with Gasteiger partial charge in [0.25, 0.3) is 0 Å². The lowest BCUT2D eigenvalue weighted by atomic mass is 10.00. The van der Waals surface area contributed by atoms with Crippen molar-refractivity contribution in [2.75, 3.05) is 26.8 Å². The Morgan fingerprint density at radius 3 is 2.59 bits per heavy atom. The zero-order chi connectivity index (χ0) is 12.5. The highest BCUT2D eigenvalue weighted by molar-refractivity contribution is 6.30. The molecule has 0 aliphatic heterocycles. The average molecular weight is 256 g/mol. The van der Waals surface area contributed by atoms with E-state index < -0.39 is 0 Å². The summed E-state index contributed by atoms with van der Waals surface area (Å²) in [7, 11) is 1.76. The van der Waals surface area contributed by atoms with E-state index in [1.54, 1.807) is 7.11 Å². The summed E-state index contributed by atoms with van der Waals surface area (Å²) in [5.41, 5.74) is 1.31. The Kier molecular flexibility index (Phi) is 7.25. The summed E-state index contributed by atoms with van der Waals surface area (Å²) in [6.45, 7) is 5.04. The molecule has 1 N–H and O–H groups in total. The molecule has 0 fully saturated rings. The summed E-state index contributed by atoms with van der Waals surface area (Å²) < 4.78 is 5.26. The van der Waals surface area contributed by atoms with Crippen LogP contribution < -0.4 is 5.32 Å². The quantitative estimate of drug-likeness (QED) is 0.721. The Bertz CT molecular complexity index is 300. The van der Waals surface area contributed by atoms with Crippen molar-refractivity contribution in [1.82, 2.24) is 5.32 Å². The fraction of sp³-hybridized carbons (Fsp3) is 0.571. The Labute approximate surface area is 109 Å². The van der Waals surface area contributed by atoms with Gasteiger partial charge in [0.05, 0.1) is 6.61 Å². The lowest BCUT2D eigenvalue weighted by Crippen LogP contribution is -2.27. The third kappa shape index (κ3) is 6.06. The highest BCUT2D eigenvalue weighted by atomic mass is 35.5. The lowest BCUT2D eigenvalue weighted by molar-refractivity contribution is 0.151. The molecule has 0 heterocycles. The smallest absolute Gasteiger partial charge is 0.0505 e. The molecule has 2 nitrogen and oxygen atoms in total. The molecule has 1 unspecified atom stereocenters. The van der Waals surface area contributed by atoms with E-state index in [1.807, 2.05) is 12.1 Å². The van der Waals surface area contributed by atoms with Crippen LogP contribution in [0.25, 0.3) is 0 Å². The van der Waals surface area contributed by atoms with Crippen molar-refractivity contribution < 1.29 is 4.74 Å². The van der Waals surface area contributed by atoms with E-state index in [0.29, 0.717) is 5.92 Å². The predicted molar refractivity (Wildman–Crippen MR) is 73.7 cm³/mol. The van der Waals surface area contributed by atoms with Gasteiger partial charge in [0.2, 0.25) is 0 Å². The van der Waals surface area contributed by atoms with Crippen LogP contribution in [-0.4, -0.2) is 26.8 Å². The topological polar surface area (TPSA) is 21.3 Å². The molecule has 17 heavy (non-hydrogen) atoms. The summed E-state index contributed by atoms with van der Waals surface area (Å²) in [4.78, 5) is 0. The van der Waals surface area contributed by atoms with Gasteiger partial charge in [0, 0.05) is 18.7 Å². The molecule has 0 spiro atoms. The number of ether oxygens (including phenoxy) is 1. The minimum absolute atomic E-state index is 0.521. The van der Waals surface area contributed by atoms with Crippen molar-refractivity contribution in [3.05, 3.63) is 34.9 Å². The zero-order valence-corrected chi connectivity index (χ0v) is 11.5. The largest absolute Gasteiger partial charge is 0.384 e. The number of halogens is 1. The molecule has 0 aliphatic carbocycles. The highest BCUT2D eigenvalue weighted by Crippen LogP contribution is 2.13. The summed E-state index contributed by atoms with van der Waals surface area (Å²) in [6, 6.07) is 8.07. The van der Waals surface area contributed by atoms with Crippen LogP contribution >= 0.6 is 11.6 Å². The number of hydrogen-bond acceptors (Lipinski definition) is 2. The lowest BCUT2D eigenvalue weighted by Gasteiger charge is -2.16. The number of methoxy groups -OCH3 is 1. The van der Waals surface area contributed by atoms with E-state index in [1.165, 1.54) is 12.0 Å². The number of hydrogen-bond donors (Lipinski definition) is 1. The molecule has 0 aromatic heterocycles. The maximum atomic E-state index is 5.87. The molecule has 1 aromatic carbocycles.